The number of hydrogen-bond acceptors (Lipinski definition) is 5. The van der Waals surface area contributed by atoms with E-state index in [2.05, 4.69) is 34.6 Å². The summed E-state index contributed by atoms with van der Waals surface area (Å²) in [5.74, 6) is -0.216. The Balaban J connectivity index is 1.35. The summed E-state index contributed by atoms with van der Waals surface area (Å²) in [6.45, 7) is 9.86. The quantitative estimate of drug-likeness (QED) is 0.110. The van der Waals surface area contributed by atoms with Gasteiger partial charge in [-0.1, -0.05) is 25.7 Å². The highest BCUT2D eigenvalue weighted by Crippen LogP contribution is 2.51. The minimum absolute atomic E-state index is 0.0155. The van der Waals surface area contributed by atoms with E-state index in [1.807, 2.05) is 38.5 Å². The number of halogens is 2. The van der Waals surface area contributed by atoms with Crippen LogP contribution in [0.15, 0.2) is 61.1 Å². The molecule has 240 valence electrons. The number of aromatic nitrogens is 4. The standard InChI is InChI=1S/C35H39F2N5O3Si/c1-22-28(35(43)39-18-23-15-26(36)17-27(37)16-23)7-6-8-29(22)45-30-11-12-38-34-32(30)31(24-9-10-24)33(25-19-40-41(2)20-25)42(34)21-44-13-14-46(3,4)5/h6-8,11-12,15-17,19-20,24H,9-10,13-14,18,21H2,1-5H3,(H,39,43). The van der Waals surface area contributed by atoms with E-state index in [1.54, 1.807) is 23.0 Å². The van der Waals surface area contributed by atoms with E-state index >= 15 is 0 Å². The third-order valence-electron chi connectivity index (χ3n) is 8.25. The number of nitrogens with zero attached hydrogens (tertiary/aromatic N) is 4. The van der Waals surface area contributed by atoms with Gasteiger partial charge in [0.2, 0.25) is 0 Å². The van der Waals surface area contributed by atoms with E-state index < -0.39 is 19.7 Å². The smallest absolute Gasteiger partial charge is 0.251 e. The summed E-state index contributed by atoms with van der Waals surface area (Å²) in [5, 5.41) is 8.16. The topological polar surface area (TPSA) is 83.2 Å². The van der Waals surface area contributed by atoms with Gasteiger partial charge in [0.05, 0.1) is 17.3 Å². The average Bonchev–Trinajstić information content (AvgIpc) is 3.65. The third kappa shape index (κ3) is 6.90. The molecule has 1 aliphatic carbocycles. The van der Waals surface area contributed by atoms with Crippen molar-refractivity contribution in [3.8, 4) is 22.8 Å². The molecule has 8 nitrogen and oxygen atoms in total. The lowest BCUT2D eigenvalue weighted by Crippen LogP contribution is -2.23. The second kappa shape index (κ2) is 12.8. The highest BCUT2D eigenvalue weighted by Gasteiger charge is 2.34. The van der Waals surface area contributed by atoms with E-state index in [0.717, 1.165) is 47.2 Å². The van der Waals surface area contributed by atoms with Crippen LogP contribution in [0.4, 0.5) is 8.78 Å². The highest BCUT2D eigenvalue weighted by atomic mass is 28.3. The summed E-state index contributed by atoms with van der Waals surface area (Å²) in [4.78, 5) is 18.0. The first-order valence-electron chi connectivity index (χ1n) is 15.6. The summed E-state index contributed by atoms with van der Waals surface area (Å²) in [5.41, 5.74) is 5.38. The largest absolute Gasteiger partial charge is 0.456 e. The van der Waals surface area contributed by atoms with Crippen molar-refractivity contribution in [3.05, 3.63) is 94.9 Å². The van der Waals surface area contributed by atoms with Crippen LogP contribution in [-0.2, 0) is 25.1 Å². The lowest BCUT2D eigenvalue weighted by Gasteiger charge is -2.16. The van der Waals surface area contributed by atoms with Crippen LogP contribution in [0.3, 0.4) is 0 Å². The summed E-state index contributed by atoms with van der Waals surface area (Å²) in [6.07, 6.45) is 7.78. The Labute approximate surface area is 268 Å². The van der Waals surface area contributed by atoms with Crippen LogP contribution in [0.2, 0.25) is 25.7 Å². The zero-order valence-corrected chi connectivity index (χ0v) is 27.9. The molecule has 0 bridgehead atoms. The van der Waals surface area contributed by atoms with Gasteiger partial charge in [0.15, 0.2) is 0 Å². The monoisotopic (exact) mass is 643 g/mol. The molecule has 1 N–H and O–H groups in total. The number of carbonyl (C=O) groups excluding carboxylic acids is 1. The zero-order chi connectivity index (χ0) is 32.6. The van der Waals surface area contributed by atoms with Crippen molar-refractivity contribution in [1.29, 1.82) is 0 Å². The van der Waals surface area contributed by atoms with E-state index in [-0.39, 0.29) is 12.5 Å². The number of hydrogen-bond donors (Lipinski definition) is 1. The summed E-state index contributed by atoms with van der Waals surface area (Å²) in [6, 6.07) is 11.4. The van der Waals surface area contributed by atoms with Crippen molar-refractivity contribution in [1.82, 2.24) is 24.6 Å². The molecule has 0 unspecified atom stereocenters. The van der Waals surface area contributed by atoms with Crippen molar-refractivity contribution < 1.29 is 23.0 Å². The molecular weight excluding hydrogens is 604 g/mol. The Bertz CT molecular complexity index is 1890. The number of rotatable bonds is 12. The molecule has 11 heteroatoms. The molecule has 5 aromatic rings. The fraction of sp³-hybridized carbons (Fsp3) is 0.343. The second-order valence-corrected chi connectivity index (χ2v) is 18.8. The molecular formula is C35H39F2N5O3Si. The van der Waals surface area contributed by atoms with Crippen molar-refractivity contribution in [2.75, 3.05) is 6.61 Å². The molecule has 1 fully saturated rings. The van der Waals surface area contributed by atoms with Gasteiger partial charge < -0.3 is 19.4 Å². The number of aryl methyl sites for hydroxylation is 1. The van der Waals surface area contributed by atoms with Crippen molar-refractivity contribution in [3.63, 3.8) is 0 Å². The fourth-order valence-electron chi connectivity index (χ4n) is 5.71. The molecule has 0 saturated heterocycles. The van der Waals surface area contributed by atoms with Crippen molar-refractivity contribution >= 4 is 25.0 Å². The Morgan fingerprint density at radius 2 is 1.85 bits per heavy atom. The first-order valence-corrected chi connectivity index (χ1v) is 19.3. The van der Waals surface area contributed by atoms with Crippen LogP contribution >= 0.6 is 0 Å². The zero-order valence-electron chi connectivity index (χ0n) is 26.9. The fourth-order valence-corrected chi connectivity index (χ4v) is 6.47. The van der Waals surface area contributed by atoms with Gasteiger partial charge in [-0.3, -0.25) is 9.48 Å². The minimum Gasteiger partial charge on any atom is -0.456 e. The minimum atomic E-state index is -1.27. The van der Waals surface area contributed by atoms with Crippen LogP contribution in [0.5, 0.6) is 11.5 Å². The molecule has 2 aromatic carbocycles. The molecule has 1 amide bonds. The predicted octanol–water partition coefficient (Wildman–Crippen LogP) is 7.94. The maximum Gasteiger partial charge on any atom is 0.251 e. The molecule has 6 rings (SSSR count). The number of nitrogens with one attached hydrogen (secondary N) is 1. The van der Waals surface area contributed by atoms with Gasteiger partial charge in [0, 0.05) is 63.4 Å². The van der Waals surface area contributed by atoms with Gasteiger partial charge in [0.25, 0.3) is 5.91 Å². The molecule has 1 aliphatic rings. The molecule has 0 aliphatic heterocycles. The number of ether oxygens (including phenoxy) is 2. The van der Waals surface area contributed by atoms with Crippen molar-refractivity contribution in [2.45, 2.75) is 64.6 Å². The van der Waals surface area contributed by atoms with E-state index in [1.165, 1.54) is 17.7 Å². The first-order chi connectivity index (χ1) is 22.0. The van der Waals surface area contributed by atoms with Crippen LogP contribution in [0.25, 0.3) is 22.3 Å². The van der Waals surface area contributed by atoms with Gasteiger partial charge >= 0.3 is 0 Å². The molecule has 1 saturated carbocycles. The SMILES string of the molecule is Cc1c(Oc2ccnc3c2c(C2CC2)c(-c2cnn(C)c2)n3COCC[Si](C)(C)C)cccc1C(=O)NCc1cc(F)cc(F)c1. The number of carbonyl (C=O) groups is 1. The third-order valence-corrected chi connectivity index (χ3v) is 9.95. The Morgan fingerprint density at radius 3 is 2.52 bits per heavy atom. The van der Waals surface area contributed by atoms with Crippen molar-refractivity contribution in [2.24, 2.45) is 7.05 Å². The van der Waals surface area contributed by atoms with Gasteiger partial charge in [-0.25, -0.2) is 13.8 Å². The maximum absolute atomic E-state index is 13.7. The first kappa shape index (κ1) is 31.6. The highest BCUT2D eigenvalue weighted by molar-refractivity contribution is 6.76. The summed E-state index contributed by atoms with van der Waals surface area (Å²) in [7, 11) is 0.644. The van der Waals surface area contributed by atoms with Crippen LogP contribution < -0.4 is 10.1 Å². The Hall–Kier alpha value is -4.35. The lowest BCUT2D eigenvalue weighted by atomic mass is 10.0. The average molecular weight is 644 g/mol. The number of benzene rings is 2. The Kier molecular flexibility index (Phi) is 8.80. The predicted molar refractivity (Wildman–Crippen MR) is 177 cm³/mol. The van der Waals surface area contributed by atoms with E-state index in [9.17, 15) is 13.6 Å². The number of amides is 1. The van der Waals surface area contributed by atoms with Crippen LogP contribution in [0, 0.1) is 18.6 Å². The molecule has 0 radical (unpaired) electrons. The molecule has 3 heterocycles. The molecule has 46 heavy (non-hydrogen) atoms. The molecule has 3 aromatic heterocycles. The van der Waals surface area contributed by atoms with E-state index in [4.69, 9.17) is 14.5 Å². The number of pyridine rings is 1. The van der Waals surface area contributed by atoms with Gasteiger partial charge in [-0.15, -0.1) is 0 Å². The Morgan fingerprint density at radius 1 is 1.09 bits per heavy atom. The summed E-state index contributed by atoms with van der Waals surface area (Å²) < 4.78 is 44.1. The normalized spacial score (nSPS) is 13.4. The number of fused-ring (bicyclic) bond motifs is 1. The lowest BCUT2D eigenvalue weighted by molar-refractivity contribution is 0.0908. The molecule has 0 atom stereocenters. The van der Waals surface area contributed by atoms with Crippen LogP contribution in [0.1, 0.15) is 45.8 Å². The van der Waals surface area contributed by atoms with Crippen LogP contribution in [-0.4, -0.2) is 39.9 Å². The molecule has 0 spiro atoms. The van der Waals surface area contributed by atoms with Gasteiger partial charge in [0.1, 0.15) is 35.5 Å². The maximum atomic E-state index is 13.7. The second-order valence-electron chi connectivity index (χ2n) is 13.2. The van der Waals surface area contributed by atoms with Gasteiger partial charge in [-0.05, 0) is 73.2 Å². The van der Waals surface area contributed by atoms with Gasteiger partial charge in [-0.2, -0.15) is 5.10 Å². The summed E-state index contributed by atoms with van der Waals surface area (Å²) >= 11 is 0. The van der Waals surface area contributed by atoms with E-state index in [0.29, 0.717) is 47.4 Å².